The minimum atomic E-state index is 0.476. The topological polar surface area (TPSA) is 53.1 Å². The summed E-state index contributed by atoms with van der Waals surface area (Å²) in [6.07, 6.45) is 9.18. The van der Waals surface area contributed by atoms with Crippen molar-refractivity contribution in [3.05, 3.63) is 30.1 Å². The Balaban J connectivity index is 1.69. The van der Waals surface area contributed by atoms with E-state index in [9.17, 15) is 0 Å². The van der Waals surface area contributed by atoms with E-state index in [1.807, 2.05) is 12.3 Å². The SMILES string of the molecule is NCc1cn(CCCC2CCCO2)c2ncccc12. The molecule has 0 aliphatic carbocycles. The molecule has 0 amide bonds. The van der Waals surface area contributed by atoms with E-state index in [1.54, 1.807) is 0 Å². The zero-order valence-corrected chi connectivity index (χ0v) is 11.2. The maximum atomic E-state index is 5.80. The molecule has 0 bridgehead atoms. The van der Waals surface area contributed by atoms with Crippen molar-refractivity contribution in [2.45, 2.75) is 44.9 Å². The van der Waals surface area contributed by atoms with Crippen LogP contribution in [0, 0.1) is 0 Å². The monoisotopic (exact) mass is 259 g/mol. The fraction of sp³-hybridized carbons (Fsp3) is 0.533. The largest absolute Gasteiger partial charge is 0.378 e. The average Bonchev–Trinajstić information content (AvgIpc) is 3.07. The number of fused-ring (bicyclic) bond motifs is 1. The lowest BCUT2D eigenvalue weighted by Crippen LogP contribution is -2.07. The highest BCUT2D eigenvalue weighted by Crippen LogP contribution is 2.21. The van der Waals surface area contributed by atoms with E-state index in [-0.39, 0.29) is 0 Å². The van der Waals surface area contributed by atoms with E-state index >= 15 is 0 Å². The van der Waals surface area contributed by atoms with Crippen LogP contribution in [0.5, 0.6) is 0 Å². The van der Waals surface area contributed by atoms with Gasteiger partial charge in [0.1, 0.15) is 5.65 Å². The van der Waals surface area contributed by atoms with Gasteiger partial charge in [-0.15, -0.1) is 0 Å². The molecule has 19 heavy (non-hydrogen) atoms. The molecule has 1 saturated heterocycles. The number of aryl methyl sites for hydroxylation is 1. The Hall–Kier alpha value is -1.39. The van der Waals surface area contributed by atoms with Gasteiger partial charge in [0, 0.05) is 37.5 Å². The van der Waals surface area contributed by atoms with E-state index in [0.717, 1.165) is 31.6 Å². The lowest BCUT2D eigenvalue weighted by atomic mass is 10.1. The summed E-state index contributed by atoms with van der Waals surface area (Å²) >= 11 is 0. The number of hydrogen-bond acceptors (Lipinski definition) is 3. The van der Waals surface area contributed by atoms with E-state index in [1.165, 1.54) is 23.8 Å². The number of nitrogens with two attached hydrogens (primary N) is 1. The van der Waals surface area contributed by atoms with E-state index in [0.29, 0.717) is 12.6 Å². The van der Waals surface area contributed by atoms with Gasteiger partial charge in [0.15, 0.2) is 0 Å². The summed E-state index contributed by atoms with van der Waals surface area (Å²) in [6.45, 7) is 2.50. The van der Waals surface area contributed by atoms with Crippen molar-refractivity contribution < 1.29 is 4.74 Å². The van der Waals surface area contributed by atoms with Crippen LogP contribution in [0.1, 0.15) is 31.2 Å². The van der Waals surface area contributed by atoms with Crippen LogP contribution in [-0.4, -0.2) is 22.3 Å². The van der Waals surface area contributed by atoms with Crippen LogP contribution in [0.3, 0.4) is 0 Å². The number of hydrogen-bond donors (Lipinski definition) is 1. The van der Waals surface area contributed by atoms with Crippen molar-refractivity contribution in [1.82, 2.24) is 9.55 Å². The first-order valence-electron chi connectivity index (χ1n) is 7.13. The number of ether oxygens (including phenoxy) is 1. The molecule has 4 heteroatoms. The second-order valence-electron chi connectivity index (χ2n) is 5.20. The maximum Gasteiger partial charge on any atom is 0.140 e. The normalized spacial score (nSPS) is 19.3. The van der Waals surface area contributed by atoms with Crippen molar-refractivity contribution in [3.63, 3.8) is 0 Å². The van der Waals surface area contributed by atoms with E-state index in [4.69, 9.17) is 10.5 Å². The van der Waals surface area contributed by atoms with Crippen molar-refractivity contribution in [1.29, 1.82) is 0 Å². The third-order valence-electron chi connectivity index (χ3n) is 3.89. The summed E-state index contributed by atoms with van der Waals surface area (Å²) in [5.41, 5.74) is 8.03. The average molecular weight is 259 g/mol. The molecule has 0 radical (unpaired) electrons. The summed E-state index contributed by atoms with van der Waals surface area (Å²) in [5, 5.41) is 1.18. The second kappa shape index (κ2) is 5.72. The lowest BCUT2D eigenvalue weighted by Gasteiger charge is -2.09. The van der Waals surface area contributed by atoms with Gasteiger partial charge in [-0.25, -0.2) is 4.98 Å². The Bertz CT molecular complexity index is 543. The molecule has 0 spiro atoms. The van der Waals surface area contributed by atoms with Crippen molar-refractivity contribution in [2.24, 2.45) is 5.73 Å². The highest BCUT2D eigenvalue weighted by molar-refractivity contribution is 5.80. The highest BCUT2D eigenvalue weighted by Gasteiger charge is 2.15. The van der Waals surface area contributed by atoms with Crippen LogP contribution < -0.4 is 5.73 Å². The van der Waals surface area contributed by atoms with Crippen molar-refractivity contribution >= 4 is 11.0 Å². The van der Waals surface area contributed by atoms with Gasteiger partial charge in [0.2, 0.25) is 0 Å². The first-order valence-corrected chi connectivity index (χ1v) is 7.13. The zero-order valence-electron chi connectivity index (χ0n) is 11.2. The van der Waals surface area contributed by atoms with Crippen LogP contribution >= 0.6 is 0 Å². The number of rotatable bonds is 5. The molecule has 1 aliphatic heterocycles. The molecular formula is C15H21N3O. The van der Waals surface area contributed by atoms with Gasteiger partial charge in [0.25, 0.3) is 0 Å². The molecule has 102 valence electrons. The van der Waals surface area contributed by atoms with Gasteiger partial charge in [-0.3, -0.25) is 0 Å². The molecule has 0 aromatic carbocycles. The van der Waals surface area contributed by atoms with Gasteiger partial charge in [-0.2, -0.15) is 0 Å². The fourth-order valence-corrected chi connectivity index (χ4v) is 2.89. The number of aromatic nitrogens is 2. The summed E-state index contributed by atoms with van der Waals surface area (Å²) in [5.74, 6) is 0. The number of pyridine rings is 1. The van der Waals surface area contributed by atoms with Gasteiger partial charge >= 0.3 is 0 Å². The molecular weight excluding hydrogens is 238 g/mol. The number of nitrogens with zero attached hydrogens (tertiary/aromatic N) is 2. The summed E-state index contributed by atoms with van der Waals surface area (Å²) in [4.78, 5) is 4.48. The molecule has 2 N–H and O–H groups in total. The molecule has 3 heterocycles. The van der Waals surface area contributed by atoms with Crippen LogP contribution in [-0.2, 0) is 17.8 Å². The van der Waals surface area contributed by atoms with Crippen molar-refractivity contribution in [3.8, 4) is 0 Å². The van der Waals surface area contributed by atoms with Crippen LogP contribution in [0.4, 0.5) is 0 Å². The quantitative estimate of drug-likeness (QED) is 0.897. The van der Waals surface area contributed by atoms with E-state index in [2.05, 4.69) is 21.8 Å². The predicted octanol–water partition coefficient (Wildman–Crippen LogP) is 2.45. The van der Waals surface area contributed by atoms with Crippen LogP contribution in [0.15, 0.2) is 24.5 Å². The first kappa shape index (κ1) is 12.6. The Labute approximate surface area is 113 Å². The highest BCUT2D eigenvalue weighted by atomic mass is 16.5. The third kappa shape index (κ3) is 2.65. The van der Waals surface area contributed by atoms with Gasteiger partial charge in [-0.1, -0.05) is 0 Å². The van der Waals surface area contributed by atoms with Gasteiger partial charge in [-0.05, 0) is 43.4 Å². The first-order chi connectivity index (χ1) is 9.38. The minimum Gasteiger partial charge on any atom is -0.378 e. The Kier molecular flexibility index (Phi) is 3.80. The molecule has 4 nitrogen and oxygen atoms in total. The Morgan fingerprint density at radius 1 is 1.47 bits per heavy atom. The predicted molar refractivity (Wildman–Crippen MR) is 75.8 cm³/mol. The smallest absolute Gasteiger partial charge is 0.140 e. The Morgan fingerprint density at radius 2 is 2.42 bits per heavy atom. The fourth-order valence-electron chi connectivity index (χ4n) is 2.89. The molecule has 2 aromatic heterocycles. The molecule has 3 rings (SSSR count). The molecule has 1 fully saturated rings. The standard InChI is InChI=1S/C15H21N3O/c16-10-12-11-18(15-14(12)6-1-7-17-15)8-2-4-13-5-3-9-19-13/h1,6-7,11,13H,2-5,8-10,16H2. The van der Waals surface area contributed by atoms with Gasteiger partial charge in [0.05, 0.1) is 6.10 Å². The summed E-state index contributed by atoms with van der Waals surface area (Å²) < 4.78 is 7.89. The van der Waals surface area contributed by atoms with E-state index < -0.39 is 0 Å². The zero-order chi connectivity index (χ0) is 13.1. The van der Waals surface area contributed by atoms with Crippen molar-refractivity contribution in [2.75, 3.05) is 6.61 Å². The van der Waals surface area contributed by atoms with Crippen LogP contribution in [0.2, 0.25) is 0 Å². The second-order valence-corrected chi connectivity index (χ2v) is 5.20. The summed E-state index contributed by atoms with van der Waals surface area (Å²) in [6, 6.07) is 4.07. The Morgan fingerprint density at radius 3 is 3.21 bits per heavy atom. The molecule has 1 unspecified atom stereocenters. The molecule has 1 aliphatic rings. The molecule has 1 atom stereocenters. The minimum absolute atomic E-state index is 0.476. The summed E-state index contributed by atoms with van der Waals surface area (Å²) in [7, 11) is 0. The lowest BCUT2D eigenvalue weighted by molar-refractivity contribution is 0.101. The van der Waals surface area contributed by atoms with Gasteiger partial charge < -0.3 is 15.0 Å². The maximum absolute atomic E-state index is 5.80. The molecule has 0 saturated carbocycles. The third-order valence-corrected chi connectivity index (χ3v) is 3.89. The molecule has 2 aromatic rings. The van der Waals surface area contributed by atoms with Crippen LogP contribution in [0.25, 0.3) is 11.0 Å².